The molecule has 2 unspecified atom stereocenters. The highest BCUT2D eigenvalue weighted by atomic mass is 16.4. The topological polar surface area (TPSA) is 92.5 Å². The molecule has 4 nitrogen and oxygen atoms in total. The molecule has 20 heavy (non-hydrogen) atoms. The molecule has 2 aromatic carbocycles. The zero-order valence-corrected chi connectivity index (χ0v) is 11.7. The Bertz CT molecular complexity index is 566. The summed E-state index contributed by atoms with van der Waals surface area (Å²) in [5, 5.41) is 21.8. The Balaban J connectivity index is 2.58. The number of hydrogen-bond acceptors (Lipinski definition) is 4. The summed E-state index contributed by atoms with van der Waals surface area (Å²) < 4.78 is 0. The average Bonchev–Trinajstić information content (AvgIpc) is 2.39. The lowest BCUT2D eigenvalue weighted by Crippen LogP contribution is -2.45. The van der Waals surface area contributed by atoms with Crippen molar-refractivity contribution in [3.05, 3.63) is 59.7 Å². The molecule has 106 valence electrons. The van der Waals surface area contributed by atoms with E-state index in [-0.39, 0.29) is 0 Å². The van der Waals surface area contributed by atoms with Crippen LogP contribution in [0, 0.1) is 0 Å². The number of nitrogens with two attached hydrogens (primary N) is 2. The fraction of sp³-hybridized carbons (Fsp3) is 0.250. The van der Waals surface area contributed by atoms with Crippen LogP contribution in [0.15, 0.2) is 48.5 Å². The van der Waals surface area contributed by atoms with E-state index in [2.05, 4.69) is 0 Å². The summed E-state index contributed by atoms with van der Waals surface area (Å²) in [4.78, 5) is 0. The number of benzene rings is 2. The number of aliphatic hydroxyl groups is 2. The van der Waals surface area contributed by atoms with Gasteiger partial charge in [-0.1, -0.05) is 36.4 Å². The summed E-state index contributed by atoms with van der Waals surface area (Å²) in [5.41, 5.74) is 10.5. The number of para-hydroxylation sites is 2. The molecule has 0 fully saturated rings. The van der Waals surface area contributed by atoms with Gasteiger partial charge in [0.05, 0.1) is 0 Å². The lowest BCUT2D eigenvalue weighted by atomic mass is 9.75. The first-order valence-electron chi connectivity index (χ1n) is 6.43. The van der Waals surface area contributed by atoms with Gasteiger partial charge in [0.2, 0.25) is 0 Å². The molecule has 0 saturated carbocycles. The van der Waals surface area contributed by atoms with E-state index < -0.39 is 11.2 Å². The fourth-order valence-electron chi connectivity index (χ4n) is 2.41. The molecule has 6 N–H and O–H groups in total. The first-order chi connectivity index (χ1) is 9.28. The van der Waals surface area contributed by atoms with Crippen molar-refractivity contribution in [3.63, 3.8) is 0 Å². The molecule has 0 aliphatic heterocycles. The van der Waals surface area contributed by atoms with Crippen molar-refractivity contribution < 1.29 is 10.2 Å². The van der Waals surface area contributed by atoms with E-state index in [1.165, 1.54) is 13.8 Å². The van der Waals surface area contributed by atoms with Gasteiger partial charge >= 0.3 is 0 Å². The summed E-state index contributed by atoms with van der Waals surface area (Å²) in [6.45, 7) is 3.07. The maximum atomic E-state index is 10.9. The second kappa shape index (κ2) is 4.81. The molecule has 2 rings (SSSR count). The van der Waals surface area contributed by atoms with Crippen molar-refractivity contribution in [2.75, 3.05) is 11.5 Å². The normalized spacial score (nSPS) is 17.2. The molecule has 0 amide bonds. The molecule has 0 bridgehead atoms. The predicted molar refractivity (Wildman–Crippen MR) is 80.9 cm³/mol. The summed E-state index contributed by atoms with van der Waals surface area (Å²) in [5.74, 6) is 0. The van der Waals surface area contributed by atoms with Gasteiger partial charge in [0, 0.05) is 22.5 Å². The predicted octanol–water partition coefficient (Wildman–Crippen LogP) is 1.97. The molecule has 4 heteroatoms. The third-order valence-corrected chi connectivity index (χ3v) is 3.92. The second-order valence-corrected chi connectivity index (χ2v) is 5.32. The van der Waals surface area contributed by atoms with Gasteiger partial charge in [-0.15, -0.1) is 0 Å². The molecule has 2 atom stereocenters. The Morgan fingerprint density at radius 1 is 0.700 bits per heavy atom. The van der Waals surface area contributed by atoms with Crippen LogP contribution in [0.3, 0.4) is 0 Å². The minimum atomic E-state index is -1.58. The lowest BCUT2D eigenvalue weighted by Gasteiger charge is -2.40. The number of anilines is 2. The third-order valence-electron chi connectivity index (χ3n) is 3.92. The Labute approximate surface area is 118 Å². The zero-order valence-electron chi connectivity index (χ0n) is 11.7. The van der Waals surface area contributed by atoms with Crippen LogP contribution >= 0.6 is 0 Å². The van der Waals surface area contributed by atoms with Crippen LogP contribution in [-0.2, 0) is 11.2 Å². The fourth-order valence-corrected chi connectivity index (χ4v) is 2.41. The van der Waals surface area contributed by atoms with Gasteiger partial charge in [0.25, 0.3) is 0 Å². The van der Waals surface area contributed by atoms with E-state index >= 15 is 0 Å². The molecule has 2 aromatic rings. The van der Waals surface area contributed by atoms with Crippen LogP contribution in [0.1, 0.15) is 25.0 Å². The molecular weight excluding hydrogens is 252 g/mol. The van der Waals surface area contributed by atoms with Gasteiger partial charge in [0.15, 0.2) is 0 Å². The first-order valence-corrected chi connectivity index (χ1v) is 6.43. The molecule has 0 aromatic heterocycles. The molecule has 0 spiro atoms. The van der Waals surface area contributed by atoms with E-state index in [1.807, 2.05) is 0 Å². The van der Waals surface area contributed by atoms with Crippen molar-refractivity contribution >= 4 is 11.4 Å². The van der Waals surface area contributed by atoms with Crippen LogP contribution in [0.2, 0.25) is 0 Å². The van der Waals surface area contributed by atoms with Crippen molar-refractivity contribution in [2.45, 2.75) is 25.0 Å². The average molecular weight is 272 g/mol. The molecule has 0 aliphatic carbocycles. The summed E-state index contributed by atoms with van der Waals surface area (Å²) >= 11 is 0. The molecule has 0 radical (unpaired) electrons. The zero-order chi connectivity index (χ0) is 15.0. The maximum absolute atomic E-state index is 10.9. The Morgan fingerprint density at radius 3 is 1.30 bits per heavy atom. The van der Waals surface area contributed by atoms with Gasteiger partial charge in [-0.05, 0) is 26.0 Å². The standard InChI is InChI=1S/C16H20N2O2/c1-15(19,11-7-3-5-9-13(11)17)16(2,20)12-8-4-6-10-14(12)18/h3-10,19-20H,17-18H2,1-2H3. The first kappa shape index (κ1) is 14.4. The van der Waals surface area contributed by atoms with Crippen LogP contribution in [-0.4, -0.2) is 10.2 Å². The summed E-state index contributed by atoms with van der Waals surface area (Å²) in [6, 6.07) is 13.9. The molecular formula is C16H20N2O2. The monoisotopic (exact) mass is 272 g/mol. The third kappa shape index (κ3) is 2.13. The molecule has 0 heterocycles. The van der Waals surface area contributed by atoms with E-state index in [0.717, 1.165) is 0 Å². The number of rotatable bonds is 3. The SMILES string of the molecule is CC(O)(c1ccccc1N)C(C)(O)c1ccccc1N. The summed E-state index contributed by atoms with van der Waals surface area (Å²) in [7, 11) is 0. The van der Waals surface area contributed by atoms with E-state index in [1.54, 1.807) is 48.5 Å². The highest BCUT2D eigenvalue weighted by Crippen LogP contribution is 2.43. The number of nitrogen functional groups attached to an aromatic ring is 2. The Morgan fingerprint density at radius 2 is 1.00 bits per heavy atom. The van der Waals surface area contributed by atoms with Gasteiger partial charge in [-0.2, -0.15) is 0 Å². The van der Waals surface area contributed by atoms with Gasteiger partial charge < -0.3 is 21.7 Å². The molecule has 0 saturated heterocycles. The van der Waals surface area contributed by atoms with E-state index in [0.29, 0.717) is 22.5 Å². The smallest absolute Gasteiger partial charge is 0.121 e. The largest absolute Gasteiger partial charge is 0.398 e. The highest BCUT2D eigenvalue weighted by molar-refractivity contribution is 5.55. The molecule has 0 aliphatic rings. The van der Waals surface area contributed by atoms with Crippen LogP contribution in [0.5, 0.6) is 0 Å². The van der Waals surface area contributed by atoms with Crippen molar-refractivity contribution in [1.82, 2.24) is 0 Å². The van der Waals surface area contributed by atoms with Crippen LogP contribution in [0.4, 0.5) is 11.4 Å². The minimum absolute atomic E-state index is 0.423. The Hall–Kier alpha value is -2.04. The van der Waals surface area contributed by atoms with E-state index in [9.17, 15) is 10.2 Å². The van der Waals surface area contributed by atoms with Gasteiger partial charge in [-0.3, -0.25) is 0 Å². The van der Waals surface area contributed by atoms with Gasteiger partial charge in [0.1, 0.15) is 11.2 Å². The maximum Gasteiger partial charge on any atom is 0.121 e. The lowest BCUT2D eigenvalue weighted by molar-refractivity contribution is -0.142. The second-order valence-electron chi connectivity index (χ2n) is 5.32. The van der Waals surface area contributed by atoms with Crippen molar-refractivity contribution in [3.8, 4) is 0 Å². The number of hydrogen-bond donors (Lipinski definition) is 4. The van der Waals surface area contributed by atoms with Crippen molar-refractivity contribution in [2.24, 2.45) is 0 Å². The quantitative estimate of drug-likeness (QED) is 0.643. The summed E-state index contributed by atoms with van der Waals surface area (Å²) in [6.07, 6.45) is 0. The van der Waals surface area contributed by atoms with E-state index in [4.69, 9.17) is 11.5 Å². The highest BCUT2D eigenvalue weighted by Gasteiger charge is 2.46. The van der Waals surface area contributed by atoms with Crippen molar-refractivity contribution in [1.29, 1.82) is 0 Å². The van der Waals surface area contributed by atoms with Crippen LogP contribution in [0.25, 0.3) is 0 Å². The van der Waals surface area contributed by atoms with Crippen LogP contribution < -0.4 is 11.5 Å². The Kier molecular flexibility index (Phi) is 3.46. The van der Waals surface area contributed by atoms with Gasteiger partial charge in [-0.25, -0.2) is 0 Å². The minimum Gasteiger partial charge on any atom is -0.398 e.